The third kappa shape index (κ3) is 4.68. The SMILES string of the molecule is CCOc1ccccc1NC=C1C(=O)N(c2ccc(S(=O)(=O)N(CC)CC)cc2)N=C1C. The summed E-state index contributed by atoms with van der Waals surface area (Å²) < 4.78 is 32.3. The van der Waals surface area contributed by atoms with Gasteiger partial charge in [-0.15, -0.1) is 0 Å². The van der Waals surface area contributed by atoms with Gasteiger partial charge in [-0.1, -0.05) is 26.0 Å². The standard InChI is InChI=1S/C23H28N4O4S/c1-5-26(6-2)32(29,30)19-14-12-18(13-15-19)27-23(28)20(17(4)25-27)16-24-21-10-8-9-11-22(21)31-7-3/h8-16,24H,5-7H2,1-4H3. The van der Waals surface area contributed by atoms with E-state index in [-0.39, 0.29) is 10.8 Å². The Morgan fingerprint density at radius 3 is 2.34 bits per heavy atom. The quantitative estimate of drug-likeness (QED) is 0.579. The Morgan fingerprint density at radius 2 is 1.72 bits per heavy atom. The molecule has 0 atom stereocenters. The number of hydrogen-bond donors (Lipinski definition) is 1. The Hall–Kier alpha value is -3.17. The topological polar surface area (TPSA) is 91.3 Å². The van der Waals surface area contributed by atoms with Gasteiger partial charge in [0.15, 0.2) is 0 Å². The highest BCUT2D eigenvalue weighted by Crippen LogP contribution is 2.27. The molecule has 0 aromatic heterocycles. The van der Waals surface area contributed by atoms with Crippen LogP contribution in [0.25, 0.3) is 0 Å². The van der Waals surface area contributed by atoms with Crippen molar-refractivity contribution in [2.45, 2.75) is 32.6 Å². The van der Waals surface area contributed by atoms with Crippen molar-refractivity contribution in [3.63, 3.8) is 0 Å². The molecule has 0 fully saturated rings. The van der Waals surface area contributed by atoms with E-state index in [9.17, 15) is 13.2 Å². The highest BCUT2D eigenvalue weighted by Gasteiger charge is 2.29. The van der Waals surface area contributed by atoms with Crippen molar-refractivity contribution in [1.29, 1.82) is 0 Å². The Morgan fingerprint density at radius 1 is 1.06 bits per heavy atom. The van der Waals surface area contributed by atoms with Gasteiger partial charge in [0.25, 0.3) is 5.91 Å². The number of benzene rings is 2. The molecule has 0 bridgehead atoms. The number of sulfonamides is 1. The van der Waals surface area contributed by atoms with Gasteiger partial charge < -0.3 is 10.1 Å². The maximum absolute atomic E-state index is 13.0. The highest BCUT2D eigenvalue weighted by molar-refractivity contribution is 7.89. The fraction of sp³-hybridized carbons (Fsp3) is 0.304. The maximum atomic E-state index is 13.0. The summed E-state index contributed by atoms with van der Waals surface area (Å²) in [5.74, 6) is 0.386. The van der Waals surface area contributed by atoms with E-state index >= 15 is 0 Å². The van der Waals surface area contributed by atoms with Crippen molar-refractivity contribution in [2.75, 3.05) is 30.0 Å². The zero-order chi connectivity index (χ0) is 23.3. The molecule has 8 nitrogen and oxygen atoms in total. The Bertz CT molecular complexity index is 1140. The van der Waals surface area contributed by atoms with Gasteiger partial charge in [-0.25, -0.2) is 8.42 Å². The van der Waals surface area contributed by atoms with Crippen LogP contribution in [-0.2, 0) is 14.8 Å². The van der Waals surface area contributed by atoms with Crippen LogP contribution in [0.5, 0.6) is 5.75 Å². The summed E-state index contributed by atoms with van der Waals surface area (Å²) in [5, 5.41) is 8.75. The first-order valence-electron chi connectivity index (χ1n) is 10.5. The molecule has 0 unspecified atom stereocenters. The van der Waals surface area contributed by atoms with Gasteiger partial charge in [0.1, 0.15) is 5.75 Å². The maximum Gasteiger partial charge on any atom is 0.282 e. The Kier molecular flexibility index (Phi) is 7.32. The number of para-hydroxylation sites is 2. The molecule has 1 amide bonds. The molecule has 0 radical (unpaired) electrons. The van der Waals surface area contributed by atoms with E-state index in [1.807, 2.05) is 31.2 Å². The van der Waals surface area contributed by atoms with Crippen molar-refractivity contribution in [3.8, 4) is 5.75 Å². The van der Waals surface area contributed by atoms with E-state index in [4.69, 9.17) is 4.74 Å². The minimum atomic E-state index is -3.56. The van der Waals surface area contributed by atoms with Gasteiger partial charge in [-0.05, 0) is 50.2 Å². The number of anilines is 2. The van der Waals surface area contributed by atoms with E-state index in [2.05, 4.69) is 10.4 Å². The normalized spacial score (nSPS) is 15.4. The number of rotatable bonds is 9. The van der Waals surface area contributed by atoms with Gasteiger partial charge in [0.2, 0.25) is 10.0 Å². The fourth-order valence-corrected chi connectivity index (χ4v) is 4.81. The van der Waals surface area contributed by atoms with E-state index in [0.717, 1.165) is 5.69 Å². The molecule has 0 aliphatic carbocycles. The molecule has 1 N–H and O–H groups in total. The molecule has 1 aliphatic rings. The Balaban J connectivity index is 1.81. The molecule has 32 heavy (non-hydrogen) atoms. The van der Waals surface area contributed by atoms with Crippen molar-refractivity contribution >= 4 is 33.0 Å². The van der Waals surface area contributed by atoms with Crippen molar-refractivity contribution in [3.05, 3.63) is 60.3 Å². The zero-order valence-corrected chi connectivity index (χ0v) is 19.5. The molecule has 3 rings (SSSR count). The lowest BCUT2D eigenvalue weighted by atomic mass is 10.2. The predicted octanol–water partition coefficient (Wildman–Crippen LogP) is 3.83. The highest BCUT2D eigenvalue weighted by atomic mass is 32.2. The summed E-state index contributed by atoms with van der Waals surface area (Å²) in [5.41, 5.74) is 2.20. The van der Waals surface area contributed by atoms with Crippen LogP contribution in [0.1, 0.15) is 27.7 Å². The molecular weight excluding hydrogens is 428 g/mol. The predicted molar refractivity (Wildman–Crippen MR) is 126 cm³/mol. The van der Waals surface area contributed by atoms with Crippen LogP contribution in [0.2, 0.25) is 0 Å². The molecule has 2 aromatic carbocycles. The summed E-state index contributed by atoms with van der Waals surface area (Å²) in [6.07, 6.45) is 1.61. The monoisotopic (exact) mass is 456 g/mol. The summed E-state index contributed by atoms with van der Waals surface area (Å²) in [6, 6.07) is 13.6. The van der Waals surface area contributed by atoms with Crippen molar-refractivity contribution in [2.24, 2.45) is 5.10 Å². The molecular formula is C23H28N4O4S. The summed E-state index contributed by atoms with van der Waals surface area (Å²) >= 11 is 0. The number of nitrogens with one attached hydrogen (secondary N) is 1. The van der Waals surface area contributed by atoms with Crippen molar-refractivity contribution in [1.82, 2.24) is 4.31 Å². The number of carbonyl (C=O) groups is 1. The lowest BCUT2D eigenvalue weighted by Crippen LogP contribution is -2.30. The smallest absolute Gasteiger partial charge is 0.282 e. The second-order valence-electron chi connectivity index (χ2n) is 7.02. The second-order valence-corrected chi connectivity index (χ2v) is 8.96. The summed E-state index contributed by atoms with van der Waals surface area (Å²) in [6.45, 7) is 8.56. The zero-order valence-electron chi connectivity index (χ0n) is 18.7. The minimum absolute atomic E-state index is 0.183. The van der Waals surface area contributed by atoms with E-state index in [1.165, 1.54) is 21.4 Å². The molecule has 0 saturated heterocycles. The van der Waals surface area contributed by atoms with Crippen LogP contribution in [0.4, 0.5) is 11.4 Å². The van der Waals surface area contributed by atoms with Gasteiger partial charge in [-0.2, -0.15) is 14.4 Å². The lowest BCUT2D eigenvalue weighted by molar-refractivity contribution is -0.114. The molecule has 0 spiro atoms. The average Bonchev–Trinajstić information content (AvgIpc) is 3.07. The summed E-state index contributed by atoms with van der Waals surface area (Å²) in [4.78, 5) is 13.2. The number of hydrogen-bond acceptors (Lipinski definition) is 6. The van der Waals surface area contributed by atoms with E-state index in [0.29, 0.717) is 42.4 Å². The van der Waals surface area contributed by atoms with E-state index < -0.39 is 10.0 Å². The molecule has 2 aromatic rings. The van der Waals surface area contributed by atoms with Crippen LogP contribution in [0.3, 0.4) is 0 Å². The first kappa shape index (κ1) is 23.5. The first-order chi connectivity index (χ1) is 15.3. The van der Waals surface area contributed by atoms with Gasteiger partial charge in [-0.3, -0.25) is 4.79 Å². The number of ether oxygens (including phenoxy) is 1. The van der Waals surface area contributed by atoms with Crippen LogP contribution < -0.4 is 15.1 Å². The molecule has 1 heterocycles. The number of carbonyl (C=O) groups excluding carboxylic acids is 1. The number of nitrogens with zero attached hydrogens (tertiary/aromatic N) is 3. The Labute approximate surface area is 189 Å². The van der Waals surface area contributed by atoms with Gasteiger partial charge >= 0.3 is 0 Å². The van der Waals surface area contributed by atoms with Crippen LogP contribution in [-0.4, -0.2) is 44.0 Å². The van der Waals surface area contributed by atoms with Gasteiger partial charge in [0.05, 0.1) is 34.2 Å². The minimum Gasteiger partial charge on any atom is -0.492 e. The molecule has 0 saturated carbocycles. The average molecular weight is 457 g/mol. The third-order valence-corrected chi connectivity index (χ3v) is 7.11. The molecule has 170 valence electrons. The summed E-state index contributed by atoms with van der Waals surface area (Å²) in [7, 11) is -3.56. The molecule has 1 aliphatic heterocycles. The lowest BCUT2D eigenvalue weighted by Gasteiger charge is -2.19. The first-order valence-corrected chi connectivity index (χ1v) is 12.0. The molecule has 9 heteroatoms. The second kappa shape index (κ2) is 9.97. The third-order valence-electron chi connectivity index (χ3n) is 5.05. The van der Waals surface area contributed by atoms with Crippen molar-refractivity contribution < 1.29 is 17.9 Å². The van der Waals surface area contributed by atoms with E-state index in [1.54, 1.807) is 39.1 Å². The fourth-order valence-electron chi connectivity index (χ4n) is 3.35. The van der Waals surface area contributed by atoms with Gasteiger partial charge in [0, 0.05) is 19.3 Å². The largest absolute Gasteiger partial charge is 0.492 e. The number of amides is 1. The number of hydrazone groups is 1. The van der Waals surface area contributed by atoms with Crippen LogP contribution in [0.15, 0.2) is 70.3 Å². The van der Waals surface area contributed by atoms with Crippen LogP contribution in [0, 0.1) is 0 Å². The van der Waals surface area contributed by atoms with Crippen LogP contribution >= 0.6 is 0 Å².